The number of halogens is 2. The van der Waals surface area contributed by atoms with Crippen LogP contribution in [-0.4, -0.2) is 9.78 Å². The van der Waals surface area contributed by atoms with E-state index in [9.17, 15) is 4.39 Å². The Bertz CT molecular complexity index is 468. The van der Waals surface area contributed by atoms with Gasteiger partial charge in [-0.05, 0) is 33.6 Å². The lowest BCUT2D eigenvalue weighted by Gasteiger charge is -2.08. The Morgan fingerprint density at radius 3 is 2.87 bits per heavy atom. The lowest BCUT2D eigenvalue weighted by Crippen LogP contribution is -2.03. The molecular weight excluding hydrogens is 261 g/mol. The van der Waals surface area contributed by atoms with Gasteiger partial charge in [0.25, 0.3) is 0 Å². The van der Waals surface area contributed by atoms with Crippen LogP contribution in [0.25, 0.3) is 5.69 Å². The molecule has 78 valence electrons. The molecule has 0 aliphatic heterocycles. The predicted octanol–water partition coefficient (Wildman–Crippen LogP) is 2.23. The second-order valence-corrected chi connectivity index (χ2v) is 3.82. The molecule has 0 saturated carbocycles. The van der Waals surface area contributed by atoms with E-state index in [1.54, 1.807) is 30.6 Å². The summed E-state index contributed by atoms with van der Waals surface area (Å²) in [5.74, 6) is -0.346. The normalized spacial score (nSPS) is 10.6. The minimum atomic E-state index is -0.346. The summed E-state index contributed by atoms with van der Waals surface area (Å²) in [5, 5.41) is 3.97. The smallest absolute Gasteiger partial charge is 0.163 e. The van der Waals surface area contributed by atoms with Crippen LogP contribution in [0.15, 0.2) is 35.1 Å². The molecule has 1 heterocycles. The molecule has 1 aromatic carbocycles. The van der Waals surface area contributed by atoms with Crippen molar-refractivity contribution in [3.05, 3.63) is 46.4 Å². The number of benzene rings is 1. The lowest BCUT2D eigenvalue weighted by molar-refractivity contribution is 0.601. The predicted molar refractivity (Wildman–Crippen MR) is 59.1 cm³/mol. The van der Waals surface area contributed by atoms with Crippen molar-refractivity contribution >= 4 is 15.9 Å². The standard InChI is InChI=1S/C10H9BrFN3/c11-9-7(6-13)2-3-8(10(9)12)15-5-1-4-14-15/h1-5H,6,13H2. The van der Waals surface area contributed by atoms with Crippen LogP contribution in [0.1, 0.15) is 5.56 Å². The maximum Gasteiger partial charge on any atom is 0.163 e. The molecule has 2 aromatic rings. The first-order valence-corrected chi connectivity index (χ1v) is 5.20. The zero-order valence-electron chi connectivity index (χ0n) is 7.82. The highest BCUT2D eigenvalue weighted by Crippen LogP contribution is 2.25. The Morgan fingerprint density at radius 2 is 2.27 bits per heavy atom. The van der Waals surface area contributed by atoms with E-state index in [1.165, 1.54) is 4.68 Å². The van der Waals surface area contributed by atoms with Crippen molar-refractivity contribution in [1.82, 2.24) is 9.78 Å². The molecule has 5 heteroatoms. The van der Waals surface area contributed by atoms with Crippen molar-refractivity contribution in [3.63, 3.8) is 0 Å². The summed E-state index contributed by atoms with van der Waals surface area (Å²) in [7, 11) is 0. The van der Waals surface area contributed by atoms with E-state index < -0.39 is 0 Å². The minimum absolute atomic E-state index is 0.302. The summed E-state index contributed by atoms with van der Waals surface area (Å²) in [6.45, 7) is 0.302. The van der Waals surface area contributed by atoms with Gasteiger partial charge in [-0.3, -0.25) is 0 Å². The average Bonchev–Trinajstić information content (AvgIpc) is 2.75. The van der Waals surface area contributed by atoms with Gasteiger partial charge in [-0.25, -0.2) is 9.07 Å². The summed E-state index contributed by atoms with van der Waals surface area (Å²) in [5.41, 5.74) is 6.62. The van der Waals surface area contributed by atoms with E-state index in [0.29, 0.717) is 16.7 Å². The molecule has 0 aliphatic rings. The molecule has 0 spiro atoms. The molecular formula is C10H9BrFN3. The van der Waals surface area contributed by atoms with Gasteiger partial charge in [0.1, 0.15) is 5.69 Å². The third-order valence-electron chi connectivity index (χ3n) is 2.11. The van der Waals surface area contributed by atoms with Crippen molar-refractivity contribution in [2.75, 3.05) is 0 Å². The highest BCUT2D eigenvalue weighted by Gasteiger charge is 2.11. The Balaban J connectivity index is 2.56. The largest absolute Gasteiger partial charge is 0.326 e. The fraction of sp³-hybridized carbons (Fsp3) is 0.100. The molecule has 0 radical (unpaired) electrons. The summed E-state index contributed by atoms with van der Waals surface area (Å²) >= 11 is 3.18. The van der Waals surface area contributed by atoms with Crippen LogP contribution in [-0.2, 0) is 6.54 Å². The molecule has 0 unspecified atom stereocenters. The Kier molecular flexibility index (Phi) is 2.83. The summed E-state index contributed by atoms with van der Waals surface area (Å²) in [6, 6.07) is 5.18. The third-order valence-corrected chi connectivity index (χ3v) is 2.97. The van der Waals surface area contributed by atoms with Crippen LogP contribution >= 0.6 is 15.9 Å². The van der Waals surface area contributed by atoms with Crippen LogP contribution in [0, 0.1) is 5.82 Å². The van der Waals surface area contributed by atoms with Gasteiger partial charge < -0.3 is 5.73 Å². The first-order valence-electron chi connectivity index (χ1n) is 4.41. The maximum atomic E-state index is 13.8. The molecule has 0 amide bonds. The van der Waals surface area contributed by atoms with E-state index in [4.69, 9.17) is 5.73 Å². The summed E-state index contributed by atoms with van der Waals surface area (Å²) < 4.78 is 15.7. The number of hydrogen-bond acceptors (Lipinski definition) is 2. The number of rotatable bonds is 2. The monoisotopic (exact) mass is 269 g/mol. The van der Waals surface area contributed by atoms with Gasteiger partial charge in [-0.15, -0.1) is 0 Å². The number of nitrogens with two attached hydrogens (primary N) is 1. The molecule has 0 atom stereocenters. The van der Waals surface area contributed by atoms with Crippen LogP contribution < -0.4 is 5.73 Å². The molecule has 0 fully saturated rings. The summed E-state index contributed by atoms with van der Waals surface area (Å²) in [4.78, 5) is 0. The molecule has 2 rings (SSSR count). The topological polar surface area (TPSA) is 43.8 Å². The molecule has 3 nitrogen and oxygen atoms in total. The van der Waals surface area contributed by atoms with Crippen LogP contribution in [0.2, 0.25) is 0 Å². The quantitative estimate of drug-likeness (QED) is 0.909. The van der Waals surface area contributed by atoms with E-state index in [0.717, 1.165) is 5.56 Å². The van der Waals surface area contributed by atoms with Gasteiger partial charge in [0.05, 0.1) is 4.47 Å². The van der Waals surface area contributed by atoms with Crippen LogP contribution in [0.4, 0.5) is 4.39 Å². The molecule has 0 aliphatic carbocycles. The van der Waals surface area contributed by atoms with Gasteiger partial charge in [-0.2, -0.15) is 5.10 Å². The van der Waals surface area contributed by atoms with Gasteiger partial charge >= 0.3 is 0 Å². The van der Waals surface area contributed by atoms with Gasteiger partial charge in [0, 0.05) is 18.9 Å². The Labute approximate surface area is 94.8 Å². The van der Waals surface area contributed by atoms with E-state index in [1.807, 2.05) is 0 Å². The molecule has 0 bridgehead atoms. The number of aromatic nitrogens is 2. The highest BCUT2D eigenvalue weighted by molar-refractivity contribution is 9.10. The third kappa shape index (κ3) is 1.80. The number of hydrogen-bond donors (Lipinski definition) is 1. The van der Waals surface area contributed by atoms with Crippen LogP contribution in [0.5, 0.6) is 0 Å². The zero-order chi connectivity index (χ0) is 10.8. The molecule has 2 N–H and O–H groups in total. The SMILES string of the molecule is NCc1ccc(-n2cccn2)c(F)c1Br. The fourth-order valence-corrected chi connectivity index (χ4v) is 1.82. The first kappa shape index (κ1) is 10.3. The van der Waals surface area contributed by atoms with E-state index in [2.05, 4.69) is 21.0 Å². The van der Waals surface area contributed by atoms with Crippen molar-refractivity contribution in [1.29, 1.82) is 0 Å². The maximum absolute atomic E-state index is 13.8. The van der Waals surface area contributed by atoms with Crippen molar-refractivity contribution in [2.24, 2.45) is 5.73 Å². The highest BCUT2D eigenvalue weighted by atomic mass is 79.9. The van der Waals surface area contributed by atoms with Crippen molar-refractivity contribution < 1.29 is 4.39 Å². The van der Waals surface area contributed by atoms with E-state index >= 15 is 0 Å². The van der Waals surface area contributed by atoms with Crippen LogP contribution in [0.3, 0.4) is 0 Å². The van der Waals surface area contributed by atoms with Gasteiger partial charge in [0.15, 0.2) is 5.82 Å². The average molecular weight is 270 g/mol. The van der Waals surface area contributed by atoms with E-state index in [-0.39, 0.29) is 5.82 Å². The van der Waals surface area contributed by atoms with Crippen molar-refractivity contribution in [2.45, 2.75) is 6.54 Å². The Hall–Kier alpha value is -1.20. The lowest BCUT2D eigenvalue weighted by atomic mass is 10.2. The van der Waals surface area contributed by atoms with Gasteiger partial charge in [-0.1, -0.05) is 6.07 Å². The first-order chi connectivity index (χ1) is 7.24. The second kappa shape index (κ2) is 4.12. The molecule has 15 heavy (non-hydrogen) atoms. The summed E-state index contributed by atoms with van der Waals surface area (Å²) in [6.07, 6.45) is 3.29. The molecule has 1 aromatic heterocycles. The number of nitrogens with zero attached hydrogens (tertiary/aromatic N) is 2. The van der Waals surface area contributed by atoms with Crippen molar-refractivity contribution in [3.8, 4) is 5.69 Å². The fourth-order valence-electron chi connectivity index (χ4n) is 1.33. The Morgan fingerprint density at radius 1 is 1.47 bits per heavy atom. The second-order valence-electron chi connectivity index (χ2n) is 3.03. The molecule has 0 saturated heterocycles. The van der Waals surface area contributed by atoms with Gasteiger partial charge in [0.2, 0.25) is 0 Å². The minimum Gasteiger partial charge on any atom is -0.326 e. The zero-order valence-corrected chi connectivity index (χ0v) is 9.41.